The summed E-state index contributed by atoms with van der Waals surface area (Å²) in [6.45, 7) is 15.8. The molecule has 0 amide bonds. The third-order valence-electron chi connectivity index (χ3n) is 5.31. The topological polar surface area (TPSA) is 3.88 Å². The number of hydrogen-bond acceptors (Lipinski definition) is 0. The van der Waals surface area contributed by atoms with Crippen LogP contribution in [-0.4, -0.2) is 0 Å². The summed E-state index contributed by atoms with van der Waals surface area (Å²) in [5, 5.41) is 2.72. The van der Waals surface area contributed by atoms with Crippen molar-refractivity contribution in [3.05, 3.63) is 64.3 Å². The van der Waals surface area contributed by atoms with Gasteiger partial charge in [-0.3, -0.25) is 0 Å². The van der Waals surface area contributed by atoms with Crippen molar-refractivity contribution in [1.82, 2.24) is 0 Å². The summed E-state index contributed by atoms with van der Waals surface area (Å²) in [4.78, 5) is 0. The molecule has 1 heteroatoms. The Bertz CT molecular complexity index is 987. The van der Waals surface area contributed by atoms with Crippen molar-refractivity contribution in [1.29, 1.82) is 0 Å². The van der Waals surface area contributed by atoms with E-state index in [2.05, 4.69) is 96.6 Å². The zero-order valence-electron chi connectivity index (χ0n) is 17.6. The molecule has 1 heterocycles. The van der Waals surface area contributed by atoms with Crippen LogP contribution in [0.5, 0.6) is 0 Å². The van der Waals surface area contributed by atoms with Gasteiger partial charge in [-0.05, 0) is 73.7 Å². The van der Waals surface area contributed by atoms with E-state index in [9.17, 15) is 0 Å². The fourth-order valence-electron chi connectivity index (χ4n) is 4.08. The van der Waals surface area contributed by atoms with E-state index in [1.165, 1.54) is 49.8 Å². The lowest BCUT2D eigenvalue weighted by atomic mass is 9.86. The summed E-state index contributed by atoms with van der Waals surface area (Å²) in [6.07, 6.45) is 3.37. The van der Waals surface area contributed by atoms with Gasteiger partial charge in [0.2, 0.25) is 5.69 Å². The Morgan fingerprint density at radius 3 is 2.19 bits per heavy atom. The highest BCUT2D eigenvalue weighted by Crippen LogP contribution is 2.33. The van der Waals surface area contributed by atoms with Gasteiger partial charge in [-0.1, -0.05) is 44.5 Å². The van der Waals surface area contributed by atoms with Gasteiger partial charge in [0.05, 0.1) is 10.9 Å². The Hall–Kier alpha value is -2.15. The number of nitrogens with zero attached hydrogens (tertiary/aromatic N) is 1. The second kappa shape index (κ2) is 6.54. The highest BCUT2D eigenvalue weighted by molar-refractivity contribution is 5.96. The molecule has 2 aromatic carbocycles. The van der Waals surface area contributed by atoms with Crippen LogP contribution in [0, 0.1) is 33.1 Å². The molecule has 1 aromatic heterocycles. The molecule has 0 aliphatic rings. The van der Waals surface area contributed by atoms with E-state index in [0.717, 1.165) is 6.42 Å². The van der Waals surface area contributed by atoms with Crippen LogP contribution in [0.1, 0.15) is 48.6 Å². The maximum Gasteiger partial charge on any atom is 0.220 e. The van der Waals surface area contributed by atoms with E-state index >= 15 is 0 Å². The maximum atomic E-state index is 2.40. The van der Waals surface area contributed by atoms with Crippen molar-refractivity contribution >= 4 is 10.8 Å². The largest absolute Gasteiger partial charge is 0.220 e. The molecule has 3 aromatic rings. The molecule has 0 unspecified atom stereocenters. The van der Waals surface area contributed by atoms with E-state index in [1.807, 2.05) is 0 Å². The zero-order valence-corrected chi connectivity index (χ0v) is 17.6. The summed E-state index contributed by atoms with van der Waals surface area (Å²) in [5.74, 6) is 0. The molecule has 3 rings (SSSR count). The molecule has 0 bridgehead atoms. The normalized spacial score (nSPS) is 12.0. The van der Waals surface area contributed by atoms with Crippen molar-refractivity contribution in [2.75, 3.05) is 0 Å². The van der Waals surface area contributed by atoms with Crippen LogP contribution < -0.4 is 4.57 Å². The molecule has 0 atom stereocenters. The first-order valence-electron chi connectivity index (χ1n) is 9.57. The Morgan fingerprint density at radius 2 is 1.54 bits per heavy atom. The third-order valence-corrected chi connectivity index (χ3v) is 5.31. The minimum absolute atomic E-state index is 0.300. The van der Waals surface area contributed by atoms with Gasteiger partial charge in [-0.15, -0.1) is 0 Å². The monoisotopic (exact) mass is 346 g/mol. The lowest BCUT2D eigenvalue weighted by Crippen LogP contribution is -2.31. The Kier molecular flexibility index (Phi) is 4.69. The Balaban J connectivity index is 2.30. The molecule has 0 aliphatic heterocycles. The SMILES string of the molecule is Cc1cc(C)c(C)c(-c2c3ccc(CC(C)(C)C)cc3c(C)c[n+]2C)c1. The standard InChI is InChI=1S/C25H32N/c1-16-11-17(2)19(4)23(12-16)24-21-10-9-20(14-25(5,6)7)13-22(21)18(3)15-26(24)8/h9-13,15H,14H2,1-8H3/q+1. The molecule has 136 valence electrons. The minimum atomic E-state index is 0.300. The number of fused-ring (bicyclic) bond motifs is 1. The molecule has 0 aliphatic carbocycles. The summed E-state index contributed by atoms with van der Waals surface area (Å²) in [6, 6.07) is 11.6. The van der Waals surface area contributed by atoms with E-state index < -0.39 is 0 Å². The highest BCUT2D eigenvalue weighted by Gasteiger charge is 2.21. The average molecular weight is 347 g/mol. The first-order chi connectivity index (χ1) is 12.1. The van der Waals surface area contributed by atoms with Gasteiger partial charge in [0.15, 0.2) is 6.20 Å². The van der Waals surface area contributed by atoms with E-state index in [0.29, 0.717) is 5.41 Å². The fourth-order valence-corrected chi connectivity index (χ4v) is 4.08. The van der Waals surface area contributed by atoms with Gasteiger partial charge < -0.3 is 0 Å². The first-order valence-corrected chi connectivity index (χ1v) is 9.57. The number of aryl methyl sites for hydroxylation is 4. The van der Waals surface area contributed by atoms with Crippen LogP contribution in [0.4, 0.5) is 0 Å². The van der Waals surface area contributed by atoms with E-state index in [4.69, 9.17) is 0 Å². The van der Waals surface area contributed by atoms with Crippen molar-refractivity contribution in [3.8, 4) is 11.3 Å². The van der Waals surface area contributed by atoms with Crippen LogP contribution in [0.3, 0.4) is 0 Å². The van der Waals surface area contributed by atoms with Gasteiger partial charge in [0.1, 0.15) is 7.05 Å². The molecule has 0 saturated carbocycles. The lowest BCUT2D eigenvalue weighted by Gasteiger charge is -2.19. The second-order valence-corrected chi connectivity index (χ2v) is 9.14. The van der Waals surface area contributed by atoms with Crippen molar-refractivity contribution in [2.45, 2.75) is 54.9 Å². The Morgan fingerprint density at radius 1 is 0.846 bits per heavy atom. The zero-order chi connectivity index (χ0) is 19.2. The van der Waals surface area contributed by atoms with Gasteiger partial charge in [-0.25, -0.2) is 4.57 Å². The molecule has 0 fully saturated rings. The molecule has 0 saturated heterocycles. The van der Waals surface area contributed by atoms with Crippen LogP contribution >= 0.6 is 0 Å². The van der Waals surface area contributed by atoms with Crippen LogP contribution in [0.15, 0.2) is 36.5 Å². The molecule has 1 nitrogen and oxygen atoms in total. The summed E-state index contributed by atoms with van der Waals surface area (Å²) in [7, 11) is 2.17. The fraction of sp³-hybridized carbons (Fsp3) is 0.400. The predicted molar refractivity (Wildman–Crippen MR) is 113 cm³/mol. The van der Waals surface area contributed by atoms with Gasteiger partial charge in [0.25, 0.3) is 0 Å². The number of pyridine rings is 1. The summed E-state index contributed by atoms with van der Waals surface area (Å²) < 4.78 is 2.29. The third kappa shape index (κ3) is 3.53. The van der Waals surface area contributed by atoms with Crippen molar-refractivity contribution < 1.29 is 4.57 Å². The second-order valence-electron chi connectivity index (χ2n) is 9.14. The summed E-state index contributed by atoms with van der Waals surface area (Å²) >= 11 is 0. The van der Waals surface area contributed by atoms with E-state index in [1.54, 1.807) is 0 Å². The molecule has 0 spiro atoms. The Labute approximate surface area is 158 Å². The van der Waals surface area contributed by atoms with Crippen LogP contribution in [0.25, 0.3) is 22.0 Å². The smallest absolute Gasteiger partial charge is 0.200 e. The quantitative estimate of drug-likeness (QED) is 0.490. The van der Waals surface area contributed by atoms with E-state index in [-0.39, 0.29) is 0 Å². The van der Waals surface area contributed by atoms with Crippen molar-refractivity contribution in [2.24, 2.45) is 12.5 Å². The average Bonchev–Trinajstić information content (AvgIpc) is 2.50. The molecular weight excluding hydrogens is 314 g/mol. The number of rotatable bonds is 2. The van der Waals surface area contributed by atoms with Gasteiger partial charge in [-0.2, -0.15) is 0 Å². The molecule has 26 heavy (non-hydrogen) atoms. The first kappa shape index (κ1) is 18.6. The number of hydrogen-bond donors (Lipinski definition) is 0. The number of benzene rings is 2. The number of aromatic nitrogens is 1. The summed E-state index contributed by atoms with van der Waals surface area (Å²) in [5.41, 5.74) is 9.77. The highest BCUT2D eigenvalue weighted by atomic mass is 14.9. The van der Waals surface area contributed by atoms with Crippen LogP contribution in [0.2, 0.25) is 0 Å². The molecular formula is C25H32N+. The minimum Gasteiger partial charge on any atom is -0.200 e. The van der Waals surface area contributed by atoms with Gasteiger partial charge in [0, 0.05) is 5.56 Å². The predicted octanol–water partition coefficient (Wildman–Crippen LogP) is 6.15. The van der Waals surface area contributed by atoms with Crippen LogP contribution in [-0.2, 0) is 13.5 Å². The molecule has 0 radical (unpaired) electrons. The lowest BCUT2D eigenvalue weighted by molar-refractivity contribution is -0.659. The van der Waals surface area contributed by atoms with Gasteiger partial charge >= 0.3 is 0 Å². The van der Waals surface area contributed by atoms with Crippen molar-refractivity contribution in [3.63, 3.8) is 0 Å². The maximum absolute atomic E-state index is 2.40. The molecule has 0 N–H and O–H groups in total.